The minimum absolute atomic E-state index is 0.154. The summed E-state index contributed by atoms with van der Waals surface area (Å²) in [5, 5.41) is 12.3. The maximum Gasteiger partial charge on any atom is 0.307 e. The molecule has 0 aliphatic heterocycles. The SMILES string of the molecule is COc1ccccc1NC(=O)[C@H]1[C@H]2CC[C@@H](C2)[C@@H]1C(=O)O. The monoisotopic (exact) mass is 289 g/mol. The molecule has 5 nitrogen and oxygen atoms in total. The predicted molar refractivity (Wildman–Crippen MR) is 77.1 cm³/mol. The average Bonchev–Trinajstić information content (AvgIpc) is 3.08. The molecule has 1 aromatic carbocycles. The van der Waals surface area contributed by atoms with Crippen molar-refractivity contribution in [1.29, 1.82) is 0 Å². The van der Waals surface area contributed by atoms with Crippen LogP contribution in [0.25, 0.3) is 0 Å². The van der Waals surface area contributed by atoms with E-state index < -0.39 is 17.8 Å². The molecular weight excluding hydrogens is 270 g/mol. The molecule has 2 saturated carbocycles. The van der Waals surface area contributed by atoms with Gasteiger partial charge in [0.15, 0.2) is 0 Å². The number of nitrogens with one attached hydrogen (secondary N) is 1. The zero-order valence-electron chi connectivity index (χ0n) is 11.9. The number of carboxylic acid groups (broad SMARTS) is 1. The predicted octanol–water partition coefficient (Wildman–Crippen LogP) is 2.38. The summed E-state index contributed by atoms with van der Waals surface area (Å²) in [5.74, 6) is -1.07. The molecule has 0 heterocycles. The van der Waals surface area contributed by atoms with Gasteiger partial charge in [0.05, 0.1) is 24.6 Å². The molecule has 2 aliphatic rings. The summed E-state index contributed by atoms with van der Waals surface area (Å²) >= 11 is 0. The number of hydrogen-bond acceptors (Lipinski definition) is 3. The Bertz CT molecular complexity index is 571. The Kier molecular flexibility index (Phi) is 3.57. The highest BCUT2D eigenvalue weighted by Crippen LogP contribution is 2.52. The highest BCUT2D eigenvalue weighted by Gasteiger charge is 2.54. The number of carbonyl (C=O) groups excluding carboxylic acids is 1. The molecule has 2 N–H and O–H groups in total. The van der Waals surface area contributed by atoms with E-state index in [-0.39, 0.29) is 17.7 Å². The normalized spacial score (nSPS) is 30.1. The van der Waals surface area contributed by atoms with Crippen LogP contribution < -0.4 is 10.1 Å². The van der Waals surface area contributed by atoms with Gasteiger partial charge in [-0.25, -0.2) is 0 Å². The minimum Gasteiger partial charge on any atom is -0.495 e. The quantitative estimate of drug-likeness (QED) is 0.892. The number of para-hydroxylation sites is 2. The molecular formula is C16H19NO4. The Morgan fingerprint density at radius 1 is 1.19 bits per heavy atom. The molecule has 4 atom stereocenters. The van der Waals surface area contributed by atoms with Crippen molar-refractivity contribution in [2.45, 2.75) is 19.3 Å². The van der Waals surface area contributed by atoms with Crippen molar-refractivity contribution in [1.82, 2.24) is 0 Å². The molecule has 0 saturated heterocycles. The fourth-order valence-corrected chi connectivity index (χ4v) is 3.99. The number of ether oxygens (including phenoxy) is 1. The third-order valence-corrected chi connectivity index (χ3v) is 4.87. The first-order valence-electron chi connectivity index (χ1n) is 7.28. The Morgan fingerprint density at radius 2 is 1.86 bits per heavy atom. The second kappa shape index (κ2) is 5.39. The summed E-state index contributed by atoms with van der Waals surface area (Å²) in [6.07, 6.45) is 2.75. The van der Waals surface area contributed by atoms with Gasteiger partial charge in [-0.3, -0.25) is 9.59 Å². The number of methoxy groups -OCH3 is 1. The molecule has 2 fully saturated rings. The van der Waals surface area contributed by atoms with E-state index in [4.69, 9.17) is 4.74 Å². The number of hydrogen-bond donors (Lipinski definition) is 2. The van der Waals surface area contributed by atoms with Gasteiger partial charge < -0.3 is 15.2 Å². The zero-order valence-corrected chi connectivity index (χ0v) is 11.9. The molecule has 2 aliphatic carbocycles. The Balaban J connectivity index is 1.80. The smallest absolute Gasteiger partial charge is 0.307 e. The molecule has 2 bridgehead atoms. The lowest BCUT2D eigenvalue weighted by molar-refractivity contribution is -0.148. The molecule has 1 aromatic rings. The summed E-state index contributed by atoms with van der Waals surface area (Å²) in [6.45, 7) is 0. The molecule has 0 radical (unpaired) electrons. The number of aliphatic carboxylic acids is 1. The third-order valence-electron chi connectivity index (χ3n) is 4.87. The van der Waals surface area contributed by atoms with Crippen molar-refractivity contribution in [2.75, 3.05) is 12.4 Å². The summed E-state index contributed by atoms with van der Waals surface area (Å²) in [7, 11) is 1.54. The van der Waals surface area contributed by atoms with Crippen molar-refractivity contribution in [3.8, 4) is 5.75 Å². The molecule has 3 rings (SSSR count). The second-order valence-corrected chi connectivity index (χ2v) is 5.91. The van der Waals surface area contributed by atoms with Crippen LogP contribution in [0.4, 0.5) is 5.69 Å². The molecule has 0 spiro atoms. The summed E-state index contributed by atoms with van der Waals surface area (Å²) in [4.78, 5) is 24.0. The number of benzene rings is 1. The van der Waals surface area contributed by atoms with E-state index in [2.05, 4.69) is 5.32 Å². The van der Waals surface area contributed by atoms with Crippen LogP contribution in [0.2, 0.25) is 0 Å². The molecule has 1 amide bonds. The standard InChI is InChI=1S/C16H19NO4/c1-21-12-5-3-2-4-11(12)17-15(18)13-9-6-7-10(8-9)14(13)16(19)20/h2-5,9-10,13-14H,6-8H2,1H3,(H,17,18)(H,19,20)/t9-,10-,13-,14-/m0/s1. The lowest BCUT2D eigenvalue weighted by Crippen LogP contribution is -2.37. The number of carboxylic acids is 1. The third kappa shape index (κ3) is 2.37. The van der Waals surface area contributed by atoms with Crippen molar-refractivity contribution in [2.24, 2.45) is 23.7 Å². The van der Waals surface area contributed by atoms with Crippen molar-refractivity contribution in [3.05, 3.63) is 24.3 Å². The van der Waals surface area contributed by atoms with Crippen LogP contribution in [-0.4, -0.2) is 24.1 Å². The van der Waals surface area contributed by atoms with Crippen LogP contribution in [0.15, 0.2) is 24.3 Å². The molecule has 21 heavy (non-hydrogen) atoms. The molecule has 0 unspecified atom stereocenters. The minimum atomic E-state index is -0.845. The zero-order chi connectivity index (χ0) is 15.0. The van der Waals surface area contributed by atoms with Gasteiger partial charge in [-0.2, -0.15) is 0 Å². The van der Waals surface area contributed by atoms with Gasteiger partial charge in [0.25, 0.3) is 0 Å². The van der Waals surface area contributed by atoms with Gasteiger partial charge in [-0.1, -0.05) is 12.1 Å². The van der Waals surface area contributed by atoms with E-state index in [1.165, 1.54) is 0 Å². The summed E-state index contributed by atoms with van der Waals surface area (Å²) in [5.41, 5.74) is 0.594. The van der Waals surface area contributed by atoms with Gasteiger partial charge in [-0.15, -0.1) is 0 Å². The second-order valence-electron chi connectivity index (χ2n) is 5.91. The van der Waals surface area contributed by atoms with Crippen LogP contribution in [0.3, 0.4) is 0 Å². The van der Waals surface area contributed by atoms with Gasteiger partial charge in [0.1, 0.15) is 5.75 Å². The largest absolute Gasteiger partial charge is 0.495 e. The lowest BCUT2D eigenvalue weighted by Gasteiger charge is -2.27. The number of rotatable bonds is 4. The van der Waals surface area contributed by atoms with Gasteiger partial charge in [0, 0.05) is 0 Å². The van der Waals surface area contributed by atoms with E-state index in [1.54, 1.807) is 19.2 Å². The number of anilines is 1. The van der Waals surface area contributed by atoms with E-state index in [0.29, 0.717) is 11.4 Å². The molecule has 5 heteroatoms. The fraction of sp³-hybridized carbons (Fsp3) is 0.500. The highest BCUT2D eigenvalue weighted by atomic mass is 16.5. The van der Waals surface area contributed by atoms with E-state index in [1.807, 2.05) is 12.1 Å². The first kappa shape index (κ1) is 13.9. The van der Waals surface area contributed by atoms with E-state index in [9.17, 15) is 14.7 Å². The van der Waals surface area contributed by atoms with Crippen LogP contribution in [-0.2, 0) is 9.59 Å². The van der Waals surface area contributed by atoms with E-state index >= 15 is 0 Å². The summed E-state index contributed by atoms with van der Waals surface area (Å²) in [6, 6.07) is 7.17. The Morgan fingerprint density at radius 3 is 2.52 bits per heavy atom. The number of amides is 1. The first-order valence-corrected chi connectivity index (χ1v) is 7.28. The average molecular weight is 289 g/mol. The number of carbonyl (C=O) groups is 2. The van der Waals surface area contributed by atoms with Crippen molar-refractivity contribution < 1.29 is 19.4 Å². The van der Waals surface area contributed by atoms with Crippen LogP contribution >= 0.6 is 0 Å². The number of fused-ring (bicyclic) bond motifs is 2. The van der Waals surface area contributed by atoms with Crippen molar-refractivity contribution >= 4 is 17.6 Å². The van der Waals surface area contributed by atoms with Gasteiger partial charge in [-0.05, 0) is 43.2 Å². The maximum absolute atomic E-state index is 12.6. The molecule has 112 valence electrons. The Hall–Kier alpha value is -2.04. The highest BCUT2D eigenvalue weighted by molar-refractivity contribution is 5.97. The van der Waals surface area contributed by atoms with Crippen LogP contribution in [0, 0.1) is 23.7 Å². The molecule has 0 aromatic heterocycles. The summed E-state index contributed by atoms with van der Waals surface area (Å²) < 4.78 is 5.21. The van der Waals surface area contributed by atoms with Gasteiger partial charge >= 0.3 is 5.97 Å². The van der Waals surface area contributed by atoms with E-state index in [0.717, 1.165) is 19.3 Å². The van der Waals surface area contributed by atoms with Gasteiger partial charge in [0.2, 0.25) is 5.91 Å². The van der Waals surface area contributed by atoms with Crippen LogP contribution in [0.1, 0.15) is 19.3 Å². The lowest BCUT2D eigenvalue weighted by atomic mass is 9.78. The topological polar surface area (TPSA) is 75.6 Å². The fourth-order valence-electron chi connectivity index (χ4n) is 3.99. The Labute approximate surface area is 123 Å². The van der Waals surface area contributed by atoms with Crippen LogP contribution in [0.5, 0.6) is 5.75 Å². The maximum atomic E-state index is 12.6. The van der Waals surface area contributed by atoms with Crippen molar-refractivity contribution in [3.63, 3.8) is 0 Å². The first-order chi connectivity index (χ1) is 10.1.